The molecule has 2 N–H and O–H groups in total. The summed E-state index contributed by atoms with van der Waals surface area (Å²) < 4.78 is 25.8. The van der Waals surface area contributed by atoms with Gasteiger partial charge >= 0.3 is 0 Å². The Morgan fingerprint density at radius 2 is 1.86 bits per heavy atom. The van der Waals surface area contributed by atoms with Gasteiger partial charge in [0.2, 0.25) is 0 Å². The number of nitrogens with one attached hydrogen (secondary N) is 1. The molecule has 0 aliphatic heterocycles. The average Bonchev–Trinajstić information content (AvgIpc) is 2.66. The van der Waals surface area contributed by atoms with Gasteiger partial charge in [0.15, 0.2) is 17.4 Å². The minimum Gasteiger partial charge on any atom is -0.503 e. The Kier molecular flexibility index (Phi) is 1.92. The summed E-state index contributed by atoms with van der Waals surface area (Å²) in [5, 5.41) is 15.1. The van der Waals surface area contributed by atoms with Gasteiger partial charge in [-0.15, -0.1) is 0 Å². The van der Waals surface area contributed by atoms with Crippen molar-refractivity contribution in [2.45, 2.75) is 0 Å². The highest BCUT2D eigenvalue weighted by atomic mass is 19.1. The smallest absolute Gasteiger partial charge is 0.187 e. The average molecular weight is 196 g/mol. The SMILES string of the molecule is Oc1c(F)cc(-c2ccn[nH]2)cc1F. The fraction of sp³-hybridized carbons (Fsp3) is 0. The van der Waals surface area contributed by atoms with E-state index in [1.54, 1.807) is 6.07 Å². The number of aromatic hydroxyl groups is 1. The van der Waals surface area contributed by atoms with E-state index in [9.17, 15) is 8.78 Å². The summed E-state index contributed by atoms with van der Waals surface area (Å²) in [5.41, 5.74) is 0.790. The van der Waals surface area contributed by atoms with Crippen LogP contribution in [0.1, 0.15) is 0 Å². The number of aromatic nitrogens is 2. The number of rotatable bonds is 1. The molecule has 0 saturated carbocycles. The number of aromatic amines is 1. The number of hydrogen-bond donors (Lipinski definition) is 2. The summed E-state index contributed by atoms with van der Waals surface area (Å²) in [5.74, 6) is -2.95. The molecule has 2 rings (SSSR count). The second-order valence-corrected chi connectivity index (χ2v) is 2.76. The van der Waals surface area contributed by atoms with Crippen molar-refractivity contribution in [3.63, 3.8) is 0 Å². The molecule has 1 heterocycles. The quantitative estimate of drug-likeness (QED) is 0.733. The number of hydrogen-bond acceptors (Lipinski definition) is 2. The van der Waals surface area contributed by atoms with Gasteiger partial charge in [-0.25, -0.2) is 8.78 Å². The molecule has 0 aliphatic rings. The van der Waals surface area contributed by atoms with Gasteiger partial charge in [0, 0.05) is 11.8 Å². The highest BCUT2D eigenvalue weighted by Crippen LogP contribution is 2.26. The standard InChI is InChI=1S/C9H6F2N2O/c10-6-3-5(4-7(11)9(6)14)8-1-2-12-13-8/h1-4,14H,(H,12,13). The Balaban J connectivity index is 2.57. The Hall–Kier alpha value is -1.91. The van der Waals surface area contributed by atoms with E-state index in [1.165, 1.54) is 6.20 Å². The monoisotopic (exact) mass is 196 g/mol. The van der Waals surface area contributed by atoms with Crippen molar-refractivity contribution < 1.29 is 13.9 Å². The molecule has 0 aliphatic carbocycles. The number of H-pyrrole nitrogens is 1. The van der Waals surface area contributed by atoms with E-state index in [-0.39, 0.29) is 0 Å². The van der Waals surface area contributed by atoms with Gasteiger partial charge in [-0.1, -0.05) is 0 Å². The van der Waals surface area contributed by atoms with E-state index >= 15 is 0 Å². The Labute approximate surface area is 78.0 Å². The summed E-state index contributed by atoms with van der Waals surface area (Å²) in [4.78, 5) is 0. The number of phenols is 1. The van der Waals surface area contributed by atoms with E-state index in [0.29, 0.717) is 11.3 Å². The van der Waals surface area contributed by atoms with Crippen LogP contribution in [0.4, 0.5) is 8.78 Å². The minimum absolute atomic E-state index is 0.301. The lowest BCUT2D eigenvalue weighted by molar-refractivity contribution is 0.396. The molecule has 14 heavy (non-hydrogen) atoms. The third-order valence-corrected chi connectivity index (χ3v) is 1.83. The van der Waals surface area contributed by atoms with Crippen LogP contribution in [0.25, 0.3) is 11.3 Å². The molecule has 2 aromatic rings. The number of halogens is 2. The second kappa shape index (κ2) is 3.10. The zero-order valence-corrected chi connectivity index (χ0v) is 6.96. The van der Waals surface area contributed by atoms with Crippen molar-refractivity contribution >= 4 is 0 Å². The van der Waals surface area contributed by atoms with Gasteiger partial charge < -0.3 is 5.11 Å². The minimum atomic E-state index is -0.991. The third kappa shape index (κ3) is 1.32. The van der Waals surface area contributed by atoms with Gasteiger partial charge in [0.05, 0.1) is 5.69 Å². The molecule has 0 bridgehead atoms. The van der Waals surface area contributed by atoms with Crippen LogP contribution >= 0.6 is 0 Å². The Morgan fingerprint density at radius 3 is 2.36 bits per heavy atom. The lowest BCUT2D eigenvalue weighted by Gasteiger charge is -2.01. The van der Waals surface area contributed by atoms with E-state index < -0.39 is 17.4 Å². The van der Waals surface area contributed by atoms with Crippen molar-refractivity contribution in [2.24, 2.45) is 0 Å². The molecule has 1 aromatic carbocycles. The summed E-state index contributed by atoms with van der Waals surface area (Å²) in [6.07, 6.45) is 1.47. The van der Waals surface area contributed by atoms with E-state index in [0.717, 1.165) is 12.1 Å². The number of nitrogens with zero attached hydrogens (tertiary/aromatic N) is 1. The normalized spacial score (nSPS) is 10.4. The van der Waals surface area contributed by atoms with Gasteiger partial charge in [-0.2, -0.15) is 5.10 Å². The van der Waals surface area contributed by atoms with E-state index in [4.69, 9.17) is 5.11 Å². The maximum atomic E-state index is 12.9. The van der Waals surface area contributed by atoms with Crippen LogP contribution in [0.3, 0.4) is 0 Å². The molecule has 0 unspecified atom stereocenters. The topological polar surface area (TPSA) is 48.9 Å². The Morgan fingerprint density at radius 1 is 1.21 bits per heavy atom. The second-order valence-electron chi connectivity index (χ2n) is 2.76. The highest BCUT2D eigenvalue weighted by molar-refractivity contribution is 5.60. The lowest BCUT2D eigenvalue weighted by Crippen LogP contribution is -1.86. The number of phenolic OH excluding ortho intramolecular Hbond substituents is 1. The van der Waals surface area contributed by atoms with Crippen LogP contribution < -0.4 is 0 Å². The highest BCUT2D eigenvalue weighted by Gasteiger charge is 2.10. The summed E-state index contributed by atoms with van der Waals surface area (Å²) in [6, 6.07) is 3.64. The molecule has 0 amide bonds. The summed E-state index contributed by atoms with van der Waals surface area (Å²) in [7, 11) is 0. The predicted octanol–water partition coefficient (Wildman–Crippen LogP) is 2.06. The van der Waals surface area contributed by atoms with E-state index in [2.05, 4.69) is 10.2 Å². The molecule has 0 saturated heterocycles. The van der Waals surface area contributed by atoms with Gasteiger partial charge in [-0.05, 0) is 18.2 Å². The molecule has 0 fully saturated rings. The molecular weight excluding hydrogens is 190 g/mol. The summed E-state index contributed by atoms with van der Waals surface area (Å²) >= 11 is 0. The fourth-order valence-electron chi connectivity index (χ4n) is 1.14. The zero-order chi connectivity index (χ0) is 10.1. The van der Waals surface area contributed by atoms with Crippen molar-refractivity contribution in [1.82, 2.24) is 10.2 Å². The molecule has 72 valence electrons. The number of benzene rings is 1. The largest absolute Gasteiger partial charge is 0.503 e. The van der Waals surface area contributed by atoms with Crippen molar-refractivity contribution in [3.05, 3.63) is 36.0 Å². The van der Waals surface area contributed by atoms with Crippen LogP contribution in [0.15, 0.2) is 24.4 Å². The molecule has 1 aromatic heterocycles. The first-order chi connectivity index (χ1) is 6.68. The molecule has 5 heteroatoms. The molecular formula is C9H6F2N2O. The molecule has 0 spiro atoms. The van der Waals surface area contributed by atoms with Crippen LogP contribution in [-0.2, 0) is 0 Å². The van der Waals surface area contributed by atoms with Crippen LogP contribution in [0.5, 0.6) is 5.75 Å². The first-order valence-corrected chi connectivity index (χ1v) is 3.86. The maximum absolute atomic E-state index is 12.9. The van der Waals surface area contributed by atoms with Gasteiger partial charge in [0.1, 0.15) is 0 Å². The predicted molar refractivity (Wildman–Crippen MR) is 45.6 cm³/mol. The van der Waals surface area contributed by atoms with Crippen LogP contribution in [0, 0.1) is 11.6 Å². The van der Waals surface area contributed by atoms with Gasteiger partial charge in [-0.3, -0.25) is 5.10 Å². The maximum Gasteiger partial charge on any atom is 0.187 e. The molecule has 3 nitrogen and oxygen atoms in total. The van der Waals surface area contributed by atoms with E-state index in [1.807, 2.05) is 0 Å². The lowest BCUT2D eigenvalue weighted by atomic mass is 10.1. The third-order valence-electron chi connectivity index (χ3n) is 1.83. The van der Waals surface area contributed by atoms with Gasteiger partial charge in [0.25, 0.3) is 0 Å². The van der Waals surface area contributed by atoms with Crippen molar-refractivity contribution in [3.8, 4) is 17.0 Å². The van der Waals surface area contributed by atoms with Crippen LogP contribution in [-0.4, -0.2) is 15.3 Å². The summed E-state index contributed by atoms with van der Waals surface area (Å²) in [6.45, 7) is 0. The molecule has 0 atom stereocenters. The Bertz CT molecular complexity index is 431. The van der Waals surface area contributed by atoms with Crippen molar-refractivity contribution in [2.75, 3.05) is 0 Å². The molecule has 0 radical (unpaired) electrons. The first-order valence-electron chi connectivity index (χ1n) is 3.86. The van der Waals surface area contributed by atoms with Crippen molar-refractivity contribution in [1.29, 1.82) is 0 Å². The zero-order valence-electron chi connectivity index (χ0n) is 6.96. The van der Waals surface area contributed by atoms with Crippen LogP contribution in [0.2, 0.25) is 0 Å². The first kappa shape index (κ1) is 8.68. The fourth-order valence-corrected chi connectivity index (χ4v) is 1.14.